The molecule has 10 heteroatoms. The van der Waals surface area contributed by atoms with Crippen LogP contribution in [0, 0.1) is 20.8 Å². The number of aromatic hydroxyl groups is 1. The normalized spacial score (nSPS) is 15.1. The smallest absolute Gasteiger partial charge is 0.260 e. The third-order valence-electron chi connectivity index (χ3n) is 7.28. The first-order chi connectivity index (χ1) is 19.7. The predicted octanol–water partition coefficient (Wildman–Crippen LogP) is 3.35. The number of rotatable bonds is 1. The molecule has 0 spiro atoms. The Hall–Kier alpha value is -4.73. The first-order valence-electron chi connectivity index (χ1n) is 13.8. The van der Waals surface area contributed by atoms with Gasteiger partial charge in [-0.15, -0.1) is 0 Å². The maximum absolute atomic E-state index is 13.8. The van der Waals surface area contributed by atoms with E-state index in [9.17, 15) is 19.5 Å². The van der Waals surface area contributed by atoms with Crippen molar-refractivity contribution in [3.8, 4) is 16.9 Å². The fourth-order valence-electron chi connectivity index (χ4n) is 5.19. The molecule has 3 heterocycles. The summed E-state index contributed by atoms with van der Waals surface area (Å²) in [5.74, 6) is -0.672. The Morgan fingerprint density at radius 1 is 0.951 bits per heavy atom. The molecule has 2 aromatic heterocycles. The highest BCUT2D eigenvalue weighted by Gasteiger charge is 2.26. The van der Waals surface area contributed by atoms with Crippen molar-refractivity contribution in [2.24, 2.45) is 0 Å². The molecular weight excluding hydrogens is 520 g/mol. The first kappa shape index (κ1) is 27.8. The lowest BCUT2D eigenvalue weighted by molar-refractivity contribution is -0.121. The van der Waals surface area contributed by atoms with Gasteiger partial charge in [-0.3, -0.25) is 14.4 Å². The van der Waals surface area contributed by atoms with Crippen molar-refractivity contribution in [3.05, 3.63) is 82.3 Å². The van der Waals surface area contributed by atoms with Gasteiger partial charge >= 0.3 is 0 Å². The number of hydrogen-bond donors (Lipinski definition) is 3. The summed E-state index contributed by atoms with van der Waals surface area (Å²) < 4.78 is 1.66. The number of carbonyl (C=O) groups excluding carboxylic acids is 3. The molecule has 0 saturated heterocycles. The minimum absolute atomic E-state index is 0.113. The maximum atomic E-state index is 13.8. The molecule has 3 amide bonds. The van der Waals surface area contributed by atoms with E-state index < -0.39 is 0 Å². The van der Waals surface area contributed by atoms with Gasteiger partial charge in [0.2, 0.25) is 5.91 Å². The third kappa shape index (κ3) is 6.06. The number of aromatic nitrogens is 3. The van der Waals surface area contributed by atoms with E-state index in [2.05, 4.69) is 20.7 Å². The van der Waals surface area contributed by atoms with E-state index >= 15 is 0 Å². The van der Waals surface area contributed by atoms with Gasteiger partial charge in [-0.1, -0.05) is 18.2 Å². The number of phenols is 1. The molecule has 3 N–H and O–H groups in total. The number of nitrogens with one attached hydrogen (secondary N) is 2. The molecule has 1 aliphatic heterocycles. The van der Waals surface area contributed by atoms with Crippen molar-refractivity contribution in [1.82, 2.24) is 30.1 Å². The summed E-state index contributed by atoms with van der Waals surface area (Å²) in [7, 11) is 0. The first-order valence-corrected chi connectivity index (χ1v) is 13.8. The number of phenolic OH excluding ortho intramolecular Hbond substituents is 1. The predicted molar refractivity (Wildman–Crippen MR) is 155 cm³/mol. The zero-order chi connectivity index (χ0) is 29.1. The maximum Gasteiger partial charge on any atom is 0.260 e. The number of nitrogens with zero attached hydrogens (tertiary/aromatic N) is 4. The standard InChI is InChI=1S/C31H34N6O4/c1-19-15-20(2)37-29(34-19)28(21(3)35-37)31(41)36-14-5-4-12-33-30(40)24-8-6-7-23(17-24)25-16-22(9-10-26(25)38)11-13-32-27(39)18-36/h6-10,15-17,38H,4-5,11-14,18H2,1-3H3,(H,32,39)(H,33,40). The van der Waals surface area contributed by atoms with Gasteiger partial charge in [0, 0.05) is 42.1 Å². The molecule has 2 aromatic carbocycles. The lowest BCUT2D eigenvalue weighted by atomic mass is 9.98. The van der Waals surface area contributed by atoms with Crippen molar-refractivity contribution in [3.63, 3.8) is 0 Å². The monoisotopic (exact) mass is 554 g/mol. The molecule has 0 fully saturated rings. The summed E-state index contributed by atoms with van der Waals surface area (Å²) in [6.07, 6.45) is 1.73. The molecule has 5 rings (SSSR count). The molecule has 0 unspecified atom stereocenters. The Morgan fingerprint density at radius 2 is 1.76 bits per heavy atom. The van der Waals surface area contributed by atoms with Crippen LogP contribution in [-0.4, -0.2) is 68.5 Å². The van der Waals surface area contributed by atoms with Crippen LogP contribution in [0.1, 0.15) is 56.2 Å². The minimum Gasteiger partial charge on any atom is -0.507 e. The number of amides is 3. The van der Waals surface area contributed by atoms with Gasteiger partial charge in [0.25, 0.3) is 11.8 Å². The fraction of sp³-hybridized carbons (Fsp3) is 0.323. The van der Waals surface area contributed by atoms with Crippen LogP contribution in [0.2, 0.25) is 0 Å². The van der Waals surface area contributed by atoms with E-state index in [1.807, 2.05) is 32.0 Å². The van der Waals surface area contributed by atoms with E-state index in [-0.39, 0.29) is 30.0 Å². The molecule has 0 atom stereocenters. The van der Waals surface area contributed by atoms with E-state index in [0.29, 0.717) is 66.9 Å². The summed E-state index contributed by atoms with van der Waals surface area (Å²) >= 11 is 0. The second-order valence-corrected chi connectivity index (χ2v) is 10.5. The number of fused-ring (bicyclic) bond motifs is 6. The average Bonchev–Trinajstić information content (AvgIpc) is 3.28. The van der Waals surface area contributed by atoms with Crippen LogP contribution in [0.15, 0.2) is 48.5 Å². The molecule has 212 valence electrons. The van der Waals surface area contributed by atoms with Gasteiger partial charge in [0.15, 0.2) is 5.65 Å². The van der Waals surface area contributed by atoms with Crippen LogP contribution < -0.4 is 10.6 Å². The molecule has 0 aliphatic carbocycles. The van der Waals surface area contributed by atoms with Crippen LogP contribution in [0.5, 0.6) is 5.75 Å². The van der Waals surface area contributed by atoms with Crippen LogP contribution in [0.4, 0.5) is 0 Å². The molecule has 0 radical (unpaired) electrons. The highest BCUT2D eigenvalue weighted by atomic mass is 16.3. The Balaban J connectivity index is 1.41. The van der Waals surface area contributed by atoms with Crippen LogP contribution in [-0.2, 0) is 11.2 Å². The highest BCUT2D eigenvalue weighted by Crippen LogP contribution is 2.31. The van der Waals surface area contributed by atoms with Gasteiger partial charge in [-0.05, 0) is 81.5 Å². The van der Waals surface area contributed by atoms with Gasteiger partial charge in [-0.2, -0.15) is 5.10 Å². The van der Waals surface area contributed by atoms with E-state index in [0.717, 1.165) is 22.5 Å². The molecule has 0 saturated carbocycles. The lowest BCUT2D eigenvalue weighted by Gasteiger charge is -2.22. The van der Waals surface area contributed by atoms with Gasteiger partial charge in [0.05, 0.1) is 12.2 Å². The molecule has 4 aromatic rings. The molecule has 41 heavy (non-hydrogen) atoms. The summed E-state index contributed by atoms with van der Waals surface area (Å²) in [4.78, 5) is 45.8. The van der Waals surface area contributed by atoms with E-state index in [4.69, 9.17) is 0 Å². The summed E-state index contributed by atoms with van der Waals surface area (Å²) in [5, 5.41) is 20.9. The zero-order valence-electron chi connectivity index (χ0n) is 23.5. The average molecular weight is 555 g/mol. The SMILES string of the molecule is Cc1cc(C)n2nc(C)c(C(=O)N3CCCCNC(=O)c4cccc(c4)-c4cc(ccc4O)CCNC(=O)C3)c2n1. The Morgan fingerprint density at radius 3 is 2.59 bits per heavy atom. The Kier molecular flexibility index (Phi) is 8.00. The van der Waals surface area contributed by atoms with Gasteiger partial charge in [0.1, 0.15) is 11.3 Å². The van der Waals surface area contributed by atoms with Crippen molar-refractivity contribution >= 4 is 23.4 Å². The molecule has 1 aliphatic rings. The van der Waals surface area contributed by atoms with Gasteiger partial charge in [-0.25, -0.2) is 9.50 Å². The van der Waals surface area contributed by atoms with Gasteiger partial charge < -0.3 is 20.6 Å². The molecule has 4 bridgehead atoms. The Bertz CT molecular complexity index is 1640. The second kappa shape index (κ2) is 11.8. The molecule has 10 nitrogen and oxygen atoms in total. The third-order valence-corrected chi connectivity index (χ3v) is 7.28. The van der Waals surface area contributed by atoms with E-state index in [1.54, 1.807) is 41.8 Å². The highest BCUT2D eigenvalue weighted by molar-refractivity contribution is 6.02. The summed E-state index contributed by atoms with van der Waals surface area (Å²) in [6.45, 7) is 6.55. The minimum atomic E-state index is -0.302. The summed E-state index contributed by atoms with van der Waals surface area (Å²) in [6, 6.07) is 14.3. The number of hydrogen-bond acceptors (Lipinski definition) is 6. The number of carbonyl (C=O) groups is 3. The van der Waals surface area contributed by atoms with Crippen molar-refractivity contribution in [2.45, 2.75) is 40.0 Å². The zero-order valence-corrected chi connectivity index (χ0v) is 23.5. The van der Waals surface area contributed by atoms with Crippen LogP contribution >= 0.6 is 0 Å². The van der Waals surface area contributed by atoms with Crippen molar-refractivity contribution in [1.29, 1.82) is 0 Å². The molecular formula is C31H34N6O4. The van der Waals surface area contributed by atoms with Crippen LogP contribution in [0.25, 0.3) is 16.8 Å². The Labute approximate surface area is 238 Å². The number of aryl methyl sites for hydroxylation is 3. The van der Waals surface area contributed by atoms with Crippen molar-refractivity contribution < 1.29 is 19.5 Å². The fourth-order valence-corrected chi connectivity index (χ4v) is 5.19. The topological polar surface area (TPSA) is 129 Å². The summed E-state index contributed by atoms with van der Waals surface area (Å²) in [5.41, 5.74) is 5.82. The quantitative estimate of drug-likeness (QED) is 0.331. The second-order valence-electron chi connectivity index (χ2n) is 10.5. The number of benzene rings is 2. The van der Waals surface area contributed by atoms with Crippen LogP contribution in [0.3, 0.4) is 0 Å². The largest absolute Gasteiger partial charge is 0.507 e. The van der Waals surface area contributed by atoms with E-state index in [1.165, 1.54) is 4.90 Å². The lowest BCUT2D eigenvalue weighted by Crippen LogP contribution is -2.42. The van der Waals surface area contributed by atoms with Crippen molar-refractivity contribution in [2.75, 3.05) is 26.2 Å².